The summed E-state index contributed by atoms with van der Waals surface area (Å²) in [6, 6.07) is 5.02. The van der Waals surface area contributed by atoms with E-state index < -0.39 is 0 Å². The van der Waals surface area contributed by atoms with Crippen LogP contribution in [0.5, 0.6) is 0 Å². The number of thiophene rings is 1. The minimum Gasteiger partial charge on any atom is -0.370 e. The van der Waals surface area contributed by atoms with E-state index in [1.807, 2.05) is 11.3 Å². The van der Waals surface area contributed by atoms with E-state index in [4.69, 9.17) is 5.73 Å². The molecule has 2 aliphatic rings. The lowest BCUT2D eigenvalue weighted by atomic mass is 9.73. The van der Waals surface area contributed by atoms with Gasteiger partial charge in [-0.3, -0.25) is 4.99 Å². The fourth-order valence-electron chi connectivity index (χ4n) is 3.01. The van der Waals surface area contributed by atoms with Gasteiger partial charge in [-0.2, -0.15) is 0 Å². The molecular weight excluding hydrogens is 254 g/mol. The molecule has 0 bridgehead atoms. The number of hydrogen-bond donors (Lipinski definition) is 2. The third kappa shape index (κ3) is 3.11. The summed E-state index contributed by atoms with van der Waals surface area (Å²) in [5, 5.41) is 5.47. The van der Waals surface area contributed by atoms with Crippen molar-refractivity contribution in [3.63, 3.8) is 0 Å². The van der Waals surface area contributed by atoms with Crippen LogP contribution in [-0.4, -0.2) is 18.5 Å². The van der Waals surface area contributed by atoms with Crippen LogP contribution in [-0.2, 0) is 5.41 Å². The van der Waals surface area contributed by atoms with Crippen molar-refractivity contribution in [2.45, 2.75) is 56.4 Å². The molecule has 0 atom stereocenters. The standard InChI is InChI=1S/C15H23N3S/c16-14(18-12-6-7-12)17-11-15(8-2-1-3-9-15)13-5-4-10-19-13/h4-5,10,12H,1-3,6-9,11H2,(H3,16,17,18). The maximum absolute atomic E-state index is 5.99. The average molecular weight is 277 g/mol. The van der Waals surface area contributed by atoms with Gasteiger partial charge in [0, 0.05) is 16.3 Å². The average Bonchev–Trinajstić information content (AvgIpc) is 3.07. The van der Waals surface area contributed by atoms with E-state index in [9.17, 15) is 0 Å². The monoisotopic (exact) mass is 277 g/mol. The third-order valence-corrected chi connectivity index (χ3v) is 5.45. The first kappa shape index (κ1) is 13.0. The highest BCUT2D eigenvalue weighted by Gasteiger charge is 2.34. The number of nitrogens with two attached hydrogens (primary N) is 1. The Morgan fingerprint density at radius 2 is 2.16 bits per heavy atom. The SMILES string of the molecule is NC(=NCC1(c2cccs2)CCCCC1)NC1CC1. The van der Waals surface area contributed by atoms with E-state index in [1.54, 1.807) is 0 Å². The Hall–Kier alpha value is -1.03. The molecule has 0 aliphatic heterocycles. The minimum atomic E-state index is 0.252. The second kappa shape index (κ2) is 5.53. The second-order valence-electron chi connectivity index (χ2n) is 5.94. The van der Waals surface area contributed by atoms with Crippen molar-refractivity contribution in [1.82, 2.24) is 5.32 Å². The normalized spacial score (nSPS) is 23.3. The fraction of sp³-hybridized carbons (Fsp3) is 0.667. The molecule has 1 aromatic rings. The van der Waals surface area contributed by atoms with E-state index in [0.717, 1.165) is 6.54 Å². The summed E-state index contributed by atoms with van der Waals surface area (Å²) in [5.74, 6) is 0.643. The van der Waals surface area contributed by atoms with E-state index in [1.165, 1.54) is 49.8 Å². The highest BCUT2D eigenvalue weighted by atomic mass is 32.1. The Bertz CT molecular complexity index is 428. The number of hydrogen-bond acceptors (Lipinski definition) is 2. The molecule has 2 fully saturated rings. The van der Waals surface area contributed by atoms with Crippen molar-refractivity contribution in [3.05, 3.63) is 22.4 Å². The molecule has 2 saturated carbocycles. The second-order valence-corrected chi connectivity index (χ2v) is 6.89. The van der Waals surface area contributed by atoms with Crippen LogP contribution in [0.1, 0.15) is 49.8 Å². The molecule has 0 radical (unpaired) electrons. The predicted octanol–water partition coefficient (Wildman–Crippen LogP) is 3.02. The van der Waals surface area contributed by atoms with Gasteiger partial charge in [0.05, 0.1) is 6.54 Å². The van der Waals surface area contributed by atoms with Crippen LogP contribution in [0.4, 0.5) is 0 Å². The smallest absolute Gasteiger partial charge is 0.188 e. The van der Waals surface area contributed by atoms with Crippen molar-refractivity contribution in [3.8, 4) is 0 Å². The summed E-state index contributed by atoms with van der Waals surface area (Å²) in [7, 11) is 0. The molecule has 3 N–H and O–H groups in total. The molecule has 4 heteroatoms. The van der Waals surface area contributed by atoms with Crippen LogP contribution in [0.3, 0.4) is 0 Å². The lowest BCUT2D eigenvalue weighted by Gasteiger charge is -2.35. The van der Waals surface area contributed by atoms with Gasteiger partial charge in [0.2, 0.25) is 0 Å². The van der Waals surface area contributed by atoms with Crippen LogP contribution in [0.2, 0.25) is 0 Å². The lowest BCUT2D eigenvalue weighted by Crippen LogP contribution is -2.37. The van der Waals surface area contributed by atoms with Crippen molar-refractivity contribution >= 4 is 17.3 Å². The van der Waals surface area contributed by atoms with Crippen molar-refractivity contribution in [2.75, 3.05) is 6.54 Å². The van der Waals surface area contributed by atoms with E-state index in [0.29, 0.717) is 12.0 Å². The zero-order chi connectivity index (χ0) is 13.1. The molecular formula is C15H23N3S. The molecule has 0 saturated heterocycles. The molecule has 3 rings (SSSR count). The summed E-state index contributed by atoms with van der Waals surface area (Å²) in [5.41, 5.74) is 6.24. The molecule has 19 heavy (non-hydrogen) atoms. The molecule has 0 aromatic carbocycles. The number of rotatable bonds is 4. The summed E-state index contributed by atoms with van der Waals surface area (Å²) in [4.78, 5) is 6.14. The molecule has 104 valence electrons. The summed E-state index contributed by atoms with van der Waals surface area (Å²) in [6.45, 7) is 0.846. The number of guanidine groups is 1. The van der Waals surface area contributed by atoms with E-state index >= 15 is 0 Å². The van der Waals surface area contributed by atoms with Gasteiger partial charge in [-0.15, -0.1) is 11.3 Å². The zero-order valence-electron chi connectivity index (χ0n) is 11.4. The van der Waals surface area contributed by atoms with Gasteiger partial charge in [-0.05, 0) is 37.1 Å². The van der Waals surface area contributed by atoms with Gasteiger partial charge in [-0.25, -0.2) is 0 Å². The van der Waals surface area contributed by atoms with Crippen LogP contribution in [0.15, 0.2) is 22.5 Å². The van der Waals surface area contributed by atoms with Gasteiger partial charge in [0.25, 0.3) is 0 Å². The molecule has 3 nitrogen and oxygen atoms in total. The summed E-state index contributed by atoms with van der Waals surface area (Å²) in [6.07, 6.45) is 9.01. The maximum Gasteiger partial charge on any atom is 0.188 e. The van der Waals surface area contributed by atoms with Crippen LogP contribution in [0.25, 0.3) is 0 Å². The maximum atomic E-state index is 5.99. The van der Waals surface area contributed by atoms with Gasteiger partial charge < -0.3 is 11.1 Å². The van der Waals surface area contributed by atoms with Crippen molar-refractivity contribution < 1.29 is 0 Å². The predicted molar refractivity (Wildman–Crippen MR) is 81.7 cm³/mol. The van der Waals surface area contributed by atoms with Crippen molar-refractivity contribution in [1.29, 1.82) is 0 Å². The van der Waals surface area contributed by atoms with Crippen LogP contribution < -0.4 is 11.1 Å². The molecule has 0 spiro atoms. The molecule has 1 heterocycles. The Kier molecular flexibility index (Phi) is 3.78. The van der Waals surface area contributed by atoms with Crippen LogP contribution in [0, 0.1) is 0 Å². The molecule has 2 aliphatic carbocycles. The van der Waals surface area contributed by atoms with Gasteiger partial charge >= 0.3 is 0 Å². The van der Waals surface area contributed by atoms with Gasteiger partial charge in [0.1, 0.15) is 0 Å². The zero-order valence-corrected chi connectivity index (χ0v) is 12.2. The summed E-state index contributed by atoms with van der Waals surface area (Å²) < 4.78 is 0. The topological polar surface area (TPSA) is 50.4 Å². The van der Waals surface area contributed by atoms with E-state index in [-0.39, 0.29) is 5.41 Å². The molecule has 0 unspecified atom stereocenters. The van der Waals surface area contributed by atoms with Crippen LogP contribution >= 0.6 is 11.3 Å². The first-order valence-corrected chi connectivity index (χ1v) is 8.27. The number of nitrogens with zero attached hydrogens (tertiary/aromatic N) is 1. The van der Waals surface area contributed by atoms with E-state index in [2.05, 4.69) is 27.8 Å². The lowest BCUT2D eigenvalue weighted by molar-refractivity contribution is 0.306. The quantitative estimate of drug-likeness (QED) is 0.656. The minimum absolute atomic E-state index is 0.252. The fourth-order valence-corrected chi connectivity index (χ4v) is 3.99. The number of aliphatic imine (C=N–C) groups is 1. The Balaban J connectivity index is 1.71. The van der Waals surface area contributed by atoms with Gasteiger partial charge in [0.15, 0.2) is 5.96 Å². The number of nitrogens with one attached hydrogen (secondary N) is 1. The Morgan fingerprint density at radius 3 is 2.79 bits per heavy atom. The van der Waals surface area contributed by atoms with Crippen molar-refractivity contribution in [2.24, 2.45) is 10.7 Å². The first-order valence-electron chi connectivity index (χ1n) is 7.39. The summed E-state index contributed by atoms with van der Waals surface area (Å²) >= 11 is 1.88. The Morgan fingerprint density at radius 1 is 1.37 bits per heavy atom. The first-order chi connectivity index (χ1) is 9.28. The molecule has 1 aromatic heterocycles. The largest absolute Gasteiger partial charge is 0.370 e. The molecule has 0 amide bonds. The third-order valence-electron chi connectivity index (χ3n) is 4.34. The highest BCUT2D eigenvalue weighted by Crippen LogP contribution is 2.41. The highest BCUT2D eigenvalue weighted by molar-refractivity contribution is 7.10. The Labute approximate surface area is 119 Å². The van der Waals surface area contributed by atoms with Gasteiger partial charge in [-0.1, -0.05) is 25.3 Å².